The number of nitriles is 1. The molecule has 0 aliphatic heterocycles. The molecule has 15 heavy (non-hydrogen) atoms. The van der Waals surface area contributed by atoms with E-state index in [1.54, 1.807) is 13.8 Å². The summed E-state index contributed by atoms with van der Waals surface area (Å²) in [5.74, 6) is -0.190. The summed E-state index contributed by atoms with van der Waals surface area (Å²) in [7, 11) is 0. The van der Waals surface area contributed by atoms with Gasteiger partial charge in [-0.3, -0.25) is 4.79 Å². The van der Waals surface area contributed by atoms with Crippen LogP contribution in [-0.2, 0) is 9.53 Å². The van der Waals surface area contributed by atoms with Crippen molar-refractivity contribution in [3.05, 3.63) is 0 Å². The fourth-order valence-corrected chi connectivity index (χ4v) is 1.47. The molecule has 0 aromatic rings. The van der Waals surface area contributed by atoms with Crippen LogP contribution in [-0.4, -0.2) is 24.7 Å². The molecule has 1 saturated carbocycles. The van der Waals surface area contributed by atoms with Gasteiger partial charge in [-0.15, -0.1) is 0 Å². The summed E-state index contributed by atoms with van der Waals surface area (Å²) < 4.78 is 5.39. The summed E-state index contributed by atoms with van der Waals surface area (Å²) in [5.41, 5.74) is -0.934. The summed E-state index contributed by atoms with van der Waals surface area (Å²) in [6.07, 6.45) is 2.01. The van der Waals surface area contributed by atoms with Gasteiger partial charge in [-0.25, -0.2) is 0 Å². The van der Waals surface area contributed by atoms with Crippen molar-refractivity contribution in [2.45, 2.75) is 45.8 Å². The van der Waals surface area contributed by atoms with Crippen molar-refractivity contribution in [2.75, 3.05) is 6.61 Å². The number of amides is 1. The molecular weight excluding hydrogens is 192 g/mol. The van der Waals surface area contributed by atoms with Gasteiger partial charge in [-0.2, -0.15) is 5.26 Å². The minimum absolute atomic E-state index is 0.182. The highest BCUT2D eigenvalue weighted by molar-refractivity contribution is 5.84. The molecular formula is C11H18N2O2. The molecule has 1 amide bonds. The van der Waals surface area contributed by atoms with E-state index in [2.05, 4.69) is 5.32 Å². The Labute approximate surface area is 90.6 Å². The van der Waals surface area contributed by atoms with Crippen LogP contribution in [0.3, 0.4) is 0 Å². The second-order valence-electron chi connectivity index (χ2n) is 4.46. The first-order valence-electron chi connectivity index (χ1n) is 5.33. The fraction of sp³-hybridized carbons (Fsp3) is 0.818. The summed E-state index contributed by atoms with van der Waals surface area (Å²) >= 11 is 0. The third kappa shape index (κ3) is 2.93. The van der Waals surface area contributed by atoms with Gasteiger partial charge in [0.25, 0.3) is 0 Å². The van der Waals surface area contributed by atoms with Gasteiger partial charge < -0.3 is 10.1 Å². The van der Waals surface area contributed by atoms with Crippen LogP contribution in [0.25, 0.3) is 0 Å². The van der Waals surface area contributed by atoms with Crippen molar-refractivity contribution in [1.82, 2.24) is 5.32 Å². The Balaban J connectivity index is 2.28. The lowest BCUT2D eigenvalue weighted by Crippen LogP contribution is -2.51. The second-order valence-corrected chi connectivity index (χ2v) is 4.46. The number of nitrogens with zero attached hydrogens (tertiary/aromatic N) is 1. The van der Waals surface area contributed by atoms with Crippen LogP contribution in [0.2, 0.25) is 0 Å². The van der Waals surface area contributed by atoms with Gasteiger partial charge in [0.05, 0.1) is 12.2 Å². The summed E-state index contributed by atoms with van der Waals surface area (Å²) in [5, 5.41) is 11.6. The Hall–Kier alpha value is -1.08. The quantitative estimate of drug-likeness (QED) is 0.758. The van der Waals surface area contributed by atoms with Crippen LogP contribution in [0.15, 0.2) is 0 Å². The molecule has 1 rings (SSSR count). The van der Waals surface area contributed by atoms with Gasteiger partial charge in [0, 0.05) is 12.6 Å². The largest absolute Gasteiger partial charge is 0.378 e. The molecule has 0 aromatic heterocycles. The van der Waals surface area contributed by atoms with Crippen molar-refractivity contribution < 1.29 is 9.53 Å². The van der Waals surface area contributed by atoms with Gasteiger partial charge in [-0.05, 0) is 33.6 Å². The van der Waals surface area contributed by atoms with E-state index in [-0.39, 0.29) is 18.1 Å². The first-order chi connectivity index (χ1) is 6.99. The van der Waals surface area contributed by atoms with Crippen LogP contribution >= 0.6 is 0 Å². The predicted octanol–water partition coefficient (Wildman–Crippen LogP) is 1.22. The number of hydrogen-bond acceptors (Lipinski definition) is 3. The highest BCUT2D eigenvalue weighted by Crippen LogP contribution is 2.24. The molecule has 1 aliphatic rings. The molecule has 0 aromatic carbocycles. The molecule has 1 fully saturated rings. The lowest BCUT2D eigenvalue weighted by atomic mass is 9.87. The van der Waals surface area contributed by atoms with E-state index in [0.717, 1.165) is 19.4 Å². The maximum absolute atomic E-state index is 11.6. The molecule has 4 heteroatoms. The van der Waals surface area contributed by atoms with E-state index in [9.17, 15) is 4.79 Å². The van der Waals surface area contributed by atoms with Gasteiger partial charge >= 0.3 is 0 Å². The number of carbonyl (C=O) groups excluding carboxylic acids is 1. The fourth-order valence-electron chi connectivity index (χ4n) is 1.47. The van der Waals surface area contributed by atoms with Crippen molar-refractivity contribution in [1.29, 1.82) is 5.26 Å². The van der Waals surface area contributed by atoms with Gasteiger partial charge in [0.15, 0.2) is 0 Å². The van der Waals surface area contributed by atoms with Crippen LogP contribution < -0.4 is 5.32 Å². The van der Waals surface area contributed by atoms with E-state index in [1.165, 1.54) is 0 Å². The normalized spacial score (nSPS) is 25.2. The van der Waals surface area contributed by atoms with Crippen molar-refractivity contribution in [3.63, 3.8) is 0 Å². The van der Waals surface area contributed by atoms with E-state index in [4.69, 9.17) is 10.00 Å². The molecule has 0 radical (unpaired) electrons. The molecule has 0 saturated heterocycles. The molecule has 0 atom stereocenters. The molecule has 84 valence electrons. The molecule has 0 unspecified atom stereocenters. The highest BCUT2D eigenvalue weighted by Gasteiger charge is 2.35. The van der Waals surface area contributed by atoms with E-state index in [0.29, 0.717) is 0 Å². The Morgan fingerprint density at radius 3 is 2.67 bits per heavy atom. The zero-order valence-corrected chi connectivity index (χ0v) is 9.54. The van der Waals surface area contributed by atoms with Crippen molar-refractivity contribution in [2.24, 2.45) is 5.41 Å². The Bertz CT molecular complexity index is 275. The average Bonchev–Trinajstić information content (AvgIpc) is 2.14. The smallest absolute Gasteiger partial charge is 0.240 e. The van der Waals surface area contributed by atoms with Gasteiger partial charge in [-0.1, -0.05) is 0 Å². The van der Waals surface area contributed by atoms with E-state index in [1.807, 2.05) is 13.0 Å². The van der Waals surface area contributed by atoms with Gasteiger partial charge in [0.1, 0.15) is 5.41 Å². The SMILES string of the molecule is CCOC1CC(NC(=O)C(C)(C)C#N)C1. The van der Waals surface area contributed by atoms with Crippen LogP contribution in [0, 0.1) is 16.7 Å². The maximum Gasteiger partial charge on any atom is 0.240 e. The summed E-state index contributed by atoms with van der Waals surface area (Å²) in [6, 6.07) is 2.17. The highest BCUT2D eigenvalue weighted by atomic mass is 16.5. The van der Waals surface area contributed by atoms with Crippen molar-refractivity contribution >= 4 is 5.91 Å². The Morgan fingerprint density at radius 1 is 1.60 bits per heavy atom. The first-order valence-corrected chi connectivity index (χ1v) is 5.33. The zero-order valence-electron chi connectivity index (χ0n) is 9.54. The number of rotatable bonds is 4. The third-order valence-corrected chi connectivity index (χ3v) is 2.68. The number of nitrogens with one attached hydrogen (secondary N) is 1. The average molecular weight is 210 g/mol. The monoisotopic (exact) mass is 210 g/mol. The summed E-state index contributed by atoms with van der Waals surface area (Å²) in [6.45, 7) is 5.93. The minimum Gasteiger partial charge on any atom is -0.378 e. The van der Waals surface area contributed by atoms with Crippen LogP contribution in [0.5, 0.6) is 0 Å². The number of carbonyl (C=O) groups is 1. The summed E-state index contributed by atoms with van der Waals surface area (Å²) in [4.78, 5) is 11.6. The van der Waals surface area contributed by atoms with E-state index >= 15 is 0 Å². The minimum atomic E-state index is -0.934. The number of hydrogen-bond donors (Lipinski definition) is 1. The molecule has 0 spiro atoms. The molecule has 0 bridgehead atoms. The second kappa shape index (κ2) is 4.63. The lowest BCUT2D eigenvalue weighted by Gasteiger charge is -2.36. The molecule has 1 aliphatic carbocycles. The zero-order chi connectivity index (χ0) is 11.5. The Kier molecular flexibility index (Phi) is 3.70. The lowest BCUT2D eigenvalue weighted by molar-refractivity contribution is -0.129. The van der Waals surface area contributed by atoms with Crippen LogP contribution in [0.4, 0.5) is 0 Å². The van der Waals surface area contributed by atoms with Crippen LogP contribution in [0.1, 0.15) is 33.6 Å². The third-order valence-electron chi connectivity index (χ3n) is 2.68. The topological polar surface area (TPSA) is 62.1 Å². The van der Waals surface area contributed by atoms with Crippen molar-refractivity contribution in [3.8, 4) is 6.07 Å². The molecule has 4 nitrogen and oxygen atoms in total. The first kappa shape index (κ1) is 12.0. The molecule has 0 heterocycles. The van der Waals surface area contributed by atoms with E-state index < -0.39 is 5.41 Å². The maximum atomic E-state index is 11.6. The molecule has 1 N–H and O–H groups in total. The number of ether oxygens (including phenoxy) is 1. The van der Waals surface area contributed by atoms with Gasteiger partial charge in [0.2, 0.25) is 5.91 Å². The standard InChI is InChI=1S/C11H18N2O2/c1-4-15-9-5-8(6-9)13-10(14)11(2,3)7-12/h8-9H,4-6H2,1-3H3,(H,13,14). The Morgan fingerprint density at radius 2 is 2.20 bits per heavy atom. The predicted molar refractivity (Wildman–Crippen MR) is 56.0 cm³/mol.